The van der Waals surface area contributed by atoms with Crippen molar-refractivity contribution in [3.63, 3.8) is 0 Å². The molecule has 2 aromatic heterocycles. The number of fused-ring (bicyclic) bond motifs is 1. The summed E-state index contributed by atoms with van der Waals surface area (Å²) in [5.74, 6) is -0.228. The van der Waals surface area contributed by atoms with Crippen LogP contribution in [0.1, 0.15) is 61.6 Å². The number of pyridine rings is 1. The molecule has 0 saturated carbocycles. The van der Waals surface area contributed by atoms with Crippen molar-refractivity contribution in [3.8, 4) is 0 Å². The van der Waals surface area contributed by atoms with Crippen molar-refractivity contribution in [1.82, 2.24) is 19.6 Å². The van der Waals surface area contributed by atoms with Crippen LogP contribution >= 0.6 is 0 Å². The molecule has 130 valence electrons. The second-order valence-electron chi connectivity index (χ2n) is 7.02. The lowest BCUT2D eigenvalue weighted by Crippen LogP contribution is -2.41. The minimum atomic E-state index is -0.375. The van der Waals surface area contributed by atoms with Crippen molar-refractivity contribution in [3.05, 3.63) is 35.9 Å². The summed E-state index contributed by atoms with van der Waals surface area (Å²) in [6.07, 6.45) is 3.70. The van der Waals surface area contributed by atoms with Gasteiger partial charge < -0.3 is 10.2 Å². The number of unbranched alkanes of at least 4 members (excludes halogenated alkanes) is 1. The molecule has 6 heteroatoms. The highest BCUT2D eigenvalue weighted by atomic mass is 16.2. The molecule has 0 aliphatic carbocycles. The Morgan fingerprint density at radius 3 is 2.62 bits per heavy atom. The third kappa shape index (κ3) is 3.93. The SMILES string of the molecule is CCCCN(C)C(=O)c1nc(C(=O)NC(C)(C)C)n2ccccc12. The highest BCUT2D eigenvalue weighted by molar-refractivity contribution is 6.02. The van der Waals surface area contributed by atoms with Crippen LogP contribution in [0, 0.1) is 0 Å². The Hall–Kier alpha value is -2.37. The molecular formula is C18H26N4O2. The van der Waals surface area contributed by atoms with Crippen LogP contribution < -0.4 is 5.32 Å². The number of hydrogen-bond donors (Lipinski definition) is 1. The van der Waals surface area contributed by atoms with Crippen molar-refractivity contribution in [2.45, 2.75) is 46.1 Å². The van der Waals surface area contributed by atoms with Gasteiger partial charge in [-0.1, -0.05) is 19.4 Å². The van der Waals surface area contributed by atoms with Gasteiger partial charge in [0.25, 0.3) is 11.8 Å². The quantitative estimate of drug-likeness (QED) is 0.916. The number of aromatic nitrogens is 2. The number of carbonyl (C=O) groups is 2. The van der Waals surface area contributed by atoms with Crippen molar-refractivity contribution in [2.75, 3.05) is 13.6 Å². The van der Waals surface area contributed by atoms with Gasteiger partial charge in [0.15, 0.2) is 5.69 Å². The van der Waals surface area contributed by atoms with Crippen LogP contribution in [-0.2, 0) is 0 Å². The average Bonchev–Trinajstić information content (AvgIpc) is 2.90. The molecule has 0 atom stereocenters. The van der Waals surface area contributed by atoms with Gasteiger partial charge in [-0.2, -0.15) is 0 Å². The molecule has 0 spiro atoms. The Kier molecular flexibility index (Phi) is 5.26. The largest absolute Gasteiger partial charge is 0.345 e. The van der Waals surface area contributed by atoms with Crippen molar-refractivity contribution in [1.29, 1.82) is 0 Å². The van der Waals surface area contributed by atoms with Gasteiger partial charge in [0.2, 0.25) is 5.82 Å². The zero-order valence-corrected chi connectivity index (χ0v) is 15.1. The normalized spacial score (nSPS) is 11.5. The van der Waals surface area contributed by atoms with Gasteiger partial charge in [0, 0.05) is 25.3 Å². The molecule has 2 aromatic rings. The van der Waals surface area contributed by atoms with Gasteiger partial charge in [0.05, 0.1) is 5.52 Å². The third-order valence-corrected chi connectivity index (χ3v) is 3.64. The van der Waals surface area contributed by atoms with E-state index in [1.807, 2.05) is 39.0 Å². The number of nitrogens with one attached hydrogen (secondary N) is 1. The minimum Gasteiger partial charge on any atom is -0.345 e. The van der Waals surface area contributed by atoms with Gasteiger partial charge >= 0.3 is 0 Å². The standard InChI is InChI=1S/C18H26N4O2/c1-6-7-11-21(5)17(24)14-13-10-8-9-12-22(13)15(19-14)16(23)20-18(2,3)4/h8-10,12H,6-7,11H2,1-5H3,(H,20,23). The number of nitrogens with zero attached hydrogens (tertiary/aromatic N) is 3. The Labute approximate surface area is 142 Å². The molecule has 1 N–H and O–H groups in total. The second-order valence-corrected chi connectivity index (χ2v) is 7.02. The van der Waals surface area contributed by atoms with Crippen molar-refractivity contribution in [2.24, 2.45) is 0 Å². The molecule has 2 heterocycles. The minimum absolute atomic E-state index is 0.165. The molecule has 6 nitrogen and oxygen atoms in total. The van der Waals surface area contributed by atoms with E-state index < -0.39 is 0 Å². The molecule has 24 heavy (non-hydrogen) atoms. The van der Waals surface area contributed by atoms with E-state index in [9.17, 15) is 9.59 Å². The maximum Gasteiger partial charge on any atom is 0.288 e. The van der Waals surface area contributed by atoms with E-state index in [1.54, 1.807) is 22.5 Å². The summed E-state index contributed by atoms with van der Waals surface area (Å²) in [5, 5.41) is 2.90. The van der Waals surface area contributed by atoms with E-state index in [1.165, 1.54) is 0 Å². The molecule has 0 fully saturated rings. The third-order valence-electron chi connectivity index (χ3n) is 3.64. The second kappa shape index (κ2) is 7.03. The maximum absolute atomic E-state index is 12.7. The van der Waals surface area contributed by atoms with Crippen molar-refractivity contribution < 1.29 is 9.59 Å². The Morgan fingerprint density at radius 2 is 2.00 bits per heavy atom. The van der Waals surface area contributed by atoms with E-state index in [4.69, 9.17) is 0 Å². The molecule has 0 aliphatic heterocycles. The number of amides is 2. The molecular weight excluding hydrogens is 304 g/mol. The zero-order chi connectivity index (χ0) is 17.9. The summed E-state index contributed by atoms with van der Waals surface area (Å²) >= 11 is 0. The molecule has 0 bridgehead atoms. The number of rotatable bonds is 5. The Balaban J connectivity index is 2.42. The number of imidazole rings is 1. The molecule has 2 amide bonds. The number of hydrogen-bond acceptors (Lipinski definition) is 3. The molecule has 0 aromatic carbocycles. The smallest absolute Gasteiger partial charge is 0.288 e. The van der Waals surface area contributed by atoms with Crippen molar-refractivity contribution >= 4 is 17.3 Å². The molecule has 0 saturated heterocycles. The van der Waals surface area contributed by atoms with Gasteiger partial charge in [-0.15, -0.1) is 0 Å². The van der Waals surface area contributed by atoms with Gasteiger partial charge in [-0.05, 0) is 39.3 Å². The lowest BCUT2D eigenvalue weighted by atomic mass is 10.1. The Morgan fingerprint density at radius 1 is 1.29 bits per heavy atom. The molecule has 2 rings (SSSR count). The summed E-state index contributed by atoms with van der Waals surface area (Å²) in [4.78, 5) is 31.3. The van der Waals surface area contributed by atoms with Crippen LogP contribution in [-0.4, -0.2) is 45.2 Å². The van der Waals surface area contributed by atoms with E-state index in [2.05, 4.69) is 17.2 Å². The van der Waals surface area contributed by atoms with Crippen LogP contribution in [0.25, 0.3) is 5.52 Å². The lowest BCUT2D eigenvalue weighted by Gasteiger charge is -2.19. The highest BCUT2D eigenvalue weighted by Crippen LogP contribution is 2.16. The van der Waals surface area contributed by atoms with E-state index in [0.717, 1.165) is 12.8 Å². The van der Waals surface area contributed by atoms with Crippen LogP contribution in [0.2, 0.25) is 0 Å². The highest BCUT2D eigenvalue weighted by Gasteiger charge is 2.25. The van der Waals surface area contributed by atoms with Crippen LogP contribution in [0.5, 0.6) is 0 Å². The van der Waals surface area contributed by atoms with Gasteiger partial charge in [-0.25, -0.2) is 4.98 Å². The predicted octanol–water partition coefficient (Wildman–Crippen LogP) is 2.73. The van der Waals surface area contributed by atoms with Gasteiger partial charge in [0.1, 0.15) is 0 Å². The van der Waals surface area contributed by atoms with Crippen LogP contribution in [0.15, 0.2) is 24.4 Å². The summed E-state index contributed by atoms with van der Waals surface area (Å²) in [7, 11) is 1.76. The van der Waals surface area contributed by atoms with Crippen LogP contribution in [0.4, 0.5) is 0 Å². The van der Waals surface area contributed by atoms with Gasteiger partial charge in [-0.3, -0.25) is 14.0 Å². The fourth-order valence-electron chi connectivity index (χ4n) is 2.43. The van der Waals surface area contributed by atoms with Crippen LogP contribution in [0.3, 0.4) is 0 Å². The van der Waals surface area contributed by atoms with E-state index in [-0.39, 0.29) is 23.2 Å². The van der Waals surface area contributed by atoms with E-state index >= 15 is 0 Å². The Bertz CT molecular complexity index is 743. The first kappa shape index (κ1) is 18.0. The summed E-state index contributed by atoms with van der Waals surface area (Å²) in [6, 6.07) is 5.46. The summed E-state index contributed by atoms with van der Waals surface area (Å²) in [5.41, 5.74) is 0.581. The summed E-state index contributed by atoms with van der Waals surface area (Å²) < 4.78 is 1.67. The molecule has 0 radical (unpaired) electrons. The zero-order valence-electron chi connectivity index (χ0n) is 15.1. The monoisotopic (exact) mass is 330 g/mol. The predicted molar refractivity (Wildman–Crippen MR) is 94.3 cm³/mol. The number of carbonyl (C=O) groups excluding carboxylic acids is 2. The lowest BCUT2D eigenvalue weighted by molar-refractivity contribution is 0.0790. The van der Waals surface area contributed by atoms with E-state index in [0.29, 0.717) is 17.8 Å². The fourth-order valence-corrected chi connectivity index (χ4v) is 2.43. The maximum atomic E-state index is 12.7. The molecule has 0 aliphatic rings. The first-order chi connectivity index (χ1) is 11.2. The first-order valence-electron chi connectivity index (χ1n) is 8.29. The first-order valence-corrected chi connectivity index (χ1v) is 8.29. The summed E-state index contributed by atoms with van der Waals surface area (Å²) in [6.45, 7) is 8.48. The topological polar surface area (TPSA) is 66.7 Å². The fraction of sp³-hybridized carbons (Fsp3) is 0.500. The average molecular weight is 330 g/mol. The molecule has 0 unspecified atom stereocenters.